The van der Waals surface area contributed by atoms with Gasteiger partial charge in [-0.25, -0.2) is 18.1 Å². The van der Waals surface area contributed by atoms with Crippen molar-refractivity contribution in [3.8, 4) is 11.3 Å². The van der Waals surface area contributed by atoms with Crippen molar-refractivity contribution >= 4 is 10.0 Å². The number of nitrogens with one attached hydrogen (secondary N) is 1. The number of rotatable bonds is 6. The summed E-state index contributed by atoms with van der Waals surface area (Å²) in [5.74, 6) is 0.248. The SMILES string of the molecule is CNS(=O)(=O)c1cnc(C[C@H](C)c2ccccc2)c(-c2cn(C)cn2)c1. The van der Waals surface area contributed by atoms with Crippen molar-refractivity contribution < 1.29 is 8.42 Å². The topological polar surface area (TPSA) is 76.9 Å². The molecule has 0 saturated heterocycles. The first-order chi connectivity index (χ1) is 12.4. The molecule has 0 bridgehead atoms. The van der Waals surface area contributed by atoms with E-state index < -0.39 is 10.0 Å². The quantitative estimate of drug-likeness (QED) is 0.724. The van der Waals surface area contributed by atoms with Crippen LogP contribution in [0.5, 0.6) is 0 Å². The largest absolute Gasteiger partial charge is 0.340 e. The average Bonchev–Trinajstić information content (AvgIpc) is 3.08. The Morgan fingerprint density at radius 1 is 1.19 bits per heavy atom. The number of nitrogens with zero attached hydrogens (tertiary/aromatic N) is 3. The molecule has 26 heavy (non-hydrogen) atoms. The van der Waals surface area contributed by atoms with E-state index >= 15 is 0 Å². The lowest BCUT2D eigenvalue weighted by Gasteiger charge is -2.15. The molecule has 2 heterocycles. The van der Waals surface area contributed by atoms with Crippen LogP contribution >= 0.6 is 0 Å². The van der Waals surface area contributed by atoms with Gasteiger partial charge in [-0.15, -0.1) is 0 Å². The molecule has 2 aromatic heterocycles. The molecule has 0 unspecified atom stereocenters. The fraction of sp³-hybridized carbons (Fsp3) is 0.263. The molecule has 3 aromatic rings. The molecule has 0 saturated carbocycles. The van der Waals surface area contributed by atoms with Crippen molar-refractivity contribution in [2.45, 2.75) is 24.2 Å². The van der Waals surface area contributed by atoms with Crippen molar-refractivity contribution in [3.63, 3.8) is 0 Å². The lowest BCUT2D eigenvalue weighted by Crippen LogP contribution is -2.19. The monoisotopic (exact) mass is 370 g/mol. The minimum absolute atomic E-state index is 0.136. The highest BCUT2D eigenvalue weighted by Gasteiger charge is 2.19. The van der Waals surface area contributed by atoms with E-state index in [1.54, 1.807) is 12.4 Å². The first-order valence-corrected chi connectivity index (χ1v) is 9.85. The lowest BCUT2D eigenvalue weighted by atomic mass is 9.94. The van der Waals surface area contributed by atoms with Crippen molar-refractivity contribution in [2.24, 2.45) is 7.05 Å². The molecule has 0 fully saturated rings. The smallest absolute Gasteiger partial charge is 0.241 e. The van der Waals surface area contributed by atoms with E-state index in [9.17, 15) is 8.42 Å². The van der Waals surface area contributed by atoms with Crippen LogP contribution in [0.15, 0.2) is 60.0 Å². The third-order valence-electron chi connectivity index (χ3n) is 4.37. The second kappa shape index (κ2) is 7.39. The van der Waals surface area contributed by atoms with Crippen molar-refractivity contribution in [1.29, 1.82) is 0 Å². The highest BCUT2D eigenvalue weighted by molar-refractivity contribution is 7.89. The Hall–Kier alpha value is -2.51. The zero-order valence-electron chi connectivity index (χ0n) is 15.0. The molecule has 0 aliphatic rings. The minimum atomic E-state index is -3.57. The molecule has 3 rings (SSSR count). The number of hydrogen-bond acceptors (Lipinski definition) is 4. The molecule has 1 aromatic carbocycles. The van der Waals surface area contributed by atoms with E-state index in [0.29, 0.717) is 12.1 Å². The van der Waals surface area contributed by atoms with Gasteiger partial charge in [0.15, 0.2) is 0 Å². The molecule has 6 nitrogen and oxygen atoms in total. The molecule has 0 aliphatic carbocycles. The van der Waals surface area contributed by atoms with Crippen molar-refractivity contribution in [1.82, 2.24) is 19.3 Å². The van der Waals surface area contributed by atoms with Crippen molar-refractivity contribution in [3.05, 3.63) is 66.4 Å². The molecular weight excluding hydrogens is 348 g/mol. The van der Waals surface area contributed by atoms with Crippen LogP contribution < -0.4 is 4.72 Å². The summed E-state index contributed by atoms with van der Waals surface area (Å²) in [4.78, 5) is 8.99. The predicted molar refractivity (Wildman–Crippen MR) is 101 cm³/mol. The molecule has 7 heteroatoms. The molecule has 1 N–H and O–H groups in total. The van der Waals surface area contributed by atoms with Crippen LogP contribution in [-0.4, -0.2) is 30.0 Å². The van der Waals surface area contributed by atoms with Gasteiger partial charge in [-0.1, -0.05) is 37.3 Å². The molecule has 1 atom stereocenters. The van der Waals surface area contributed by atoms with Crippen LogP contribution in [0.2, 0.25) is 0 Å². The third-order valence-corrected chi connectivity index (χ3v) is 5.75. The van der Waals surface area contributed by atoms with Gasteiger partial charge in [0.2, 0.25) is 10.0 Å². The number of sulfonamides is 1. The number of benzene rings is 1. The third kappa shape index (κ3) is 3.84. The fourth-order valence-electron chi connectivity index (χ4n) is 2.86. The van der Waals surface area contributed by atoms with E-state index in [2.05, 4.69) is 33.7 Å². The Morgan fingerprint density at radius 3 is 2.54 bits per heavy atom. The molecule has 0 spiro atoms. The summed E-state index contributed by atoms with van der Waals surface area (Å²) in [6, 6.07) is 11.8. The second-order valence-corrected chi connectivity index (χ2v) is 8.20. The zero-order valence-corrected chi connectivity index (χ0v) is 15.9. The Balaban J connectivity index is 2.04. The number of aromatic nitrogens is 3. The van der Waals surface area contributed by atoms with E-state index in [1.807, 2.05) is 36.0 Å². The summed E-state index contributed by atoms with van der Waals surface area (Å²) in [7, 11) is -0.297. The molecule has 0 aliphatic heterocycles. The van der Waals surface area contributed by atoms with E-state index in [1.165, 1.54) is 18.8 Å². The van der Waals surface area contributed by atoms with Gasteiger partial charge in [0, 0.05) is 25.0 Å². The van der Waals surface area contributed by atoms with Gasteiger partial charge >= 0.3 is 0 Å². The second-order valence-electron chi connectivity index (χ2n) is 6.31. The highest BCUT2D eigenvalue weighted by atomic mass is 32.2. The summed E-state index contributed by atoms with van der Waals surface area (Å²) >= 11 is 0. The van der Waals surface area contributed by atoms with Gasteiger partial charge < -0.3 is 4.57 Å². The van der Waals surface area contributed by atoms with E-state index in [-0.39, 0.29) is 10.8 Å². The van der Waals surface area contributed by atoms with Gasteiger partial charge in [-0.3, -0.25) is 4.98 Å². The molecule has 0 amide bonds. The number of hydrogen-bond donors (Lipinski definition) is 1. The van der Waals surface area contributed by atoms with E-state index in [4.69, 9.17) is 0 Å². The summed E-state index contributed by atoms with van der Waals surface area (Å²) in [6.45, 7) is 2.14. The van der Waals surface area contributed by atoms with E-state index in [0.717, 1.165) is 11.3 Å². The first kappa shape index (κ1) is 18.3. The minimum Gasteiger partial charge on any atom is -0.340 e. The molecular formula is C19H22N4O2S. The summed E-state index contributed by atoms with van der Waals surface area (Å²) in [5, 5.41) is 0. The standard InChI is InChI=1S/C19H22N4O2S/c1-14(15-7-5-4-6-8-15)9-18-17(19-12-23(3)13-22-19)10-16(11-21-18)26(24,25)20-2/h4-8,10-14,20H,9H2,1-3H3/t14-/m0/s1. The highest BCUT2D eigenvalue weighted by Crippen LogP contribution is 2.28. The van der Waals surface area contributed by atoms with Crippen LogP contribution in [0.3, 0.4) is 0 Å². The Morgan fingerprint density at radius 2 is 1.92 bits per heavy atom. The Kier molecular flexibility index (Phi) is 5.20. The van der Waals surface area contributed by atoms with Gasteiger partial charge in [0.1, 0.15) is 4.90 Å². The van der Waals surface area contributed by atoms with Crippen LogP contribution in [0.1, 0.15) is 24.1 Å². The number of imidazole rings is 1. The van der Waals surface area contributed by atoms with Gasteiger partial charge in [-0.05, 0) is 31.0 Å². The maximum atomic E-state index is 12.2. The zero-order chi connectivity index (χ0) is 18.7. The number of pyridine rings is 1. The Labute approximate surface area is 154 Å². The van der Waals surface area contributed by atoms with Crippen LogP contribution in [0.4, 0.5) is 0 Å². The average molecular weight is 370 g/mol. The van der Waals surface area contributed by atoms with Crippen LogP contribution in [0.25, 0.3) is 11.3 Å². The van der Waals surface area contributed by atoms with Crippen LogP contribution in [-0.2, 0) is 23.5 Å². The predicted octanol–water partition coefficient (Wildman–Crippen LogP) is 2.74. The molecule has 136 valence electrons. The lowest BCUT2D eigenvalue weighted by molar-refractivity contribution is 0.587. The van der Waals surface area contributed by atoms with Crippen molar-refractivity contribution in [2.75, 3.05) is 7.05 Å². The summed E-state index contributed by atoms with van der Waals surface area (Å²) in [5.41, 5.74) is 3.50. The maximum Gasteiger partial charge on any atom is 0.241 e. The normalized spacial score (nSPS) is 12.9. The summed E-state index contributed by atoms with van der Waals surface area (Å²) in [6.07, 6.45) is 5.66. The van der Waals surface area contributed by atoms with Crippen LogP contribution in [0, 0.1) is 0 Å². The molecule has 0 radical (unpaired) electrons. The van der Waals surface area contributed by atoms with Gasteiger partial charge in [0.25, 0.3) is 0 Å². The first-order valence-electron chi connectivity index (χ1n) is 8.36. The summed E-state index contributed by atoms with van der Waals surface area (Å²) < 4.78 is 28.5. The van der Waals surface area contributed by atoms with Gasteiger partial charge in [0.05, 0.1) is 17.7 Å². The Bertz CT molecular complexity index is 997. The van der Waals surface area contributed by atoms with Gasteiger partial charge in [-0.2, -0.15) is 0 Å². The number of aryl methyl sites for hydroxylation is 1. The maximum absolute atomic E-state index is 12.2. The fourth-order valence-corrected chi connectivity index (χ4v) is 3.56.